The lowest BCUT2D eigenvalue weighted by Crippen LogP contribution is -2.36. The zero-order valence-electron chi connectivity index (χ0n) is 20.8. The summed E-state index contributed by atoms with van der Waals surface area (Å²) >= 11 is 0. The molecular weight excluding hydrogens is 464 g/mol. The average molecular weight is 493 g/mol. The molecule has 0 atom stereocenters. The maximum absolute atomic E-state index is 13.0. The fourth-order valence-electron chi connectivity index (χ4n) is 4.48. The smallest absolute Gasteiger partial charge is 0.226 e. The van der Waals surface area contributed by atoms with Crippen molar-refractivity contribution in [1.82, 2.24) is 39.6 Å². The number of hydrogen-bond acceptors (Lipinski definition) is 9. The van der Waals surface area contributed by atoms with Crippen molar-refractivity contribution in [3.8, 4) is 34.4 Å². The Morgan fingerprint density at radius 1 is 1.17 bits per heavy atom. The van der Waals surface area contributed by atoms with Gasteiger partial charge in [-0.25, -0.2) is 0 Å². The minimum absolute atomic E-state index is 0.0908. The monoisotopic (exact) mass is 492 g/mol. The molecule has 1 aliphatic heterocycles. The number of carbonyl (C=O) groups excluding carboxylic acids is 1. The van der Waals surface area contributed by atoms with Gasteiger partial charge in [-0.3, -0.25) is 9.48 Å². The number of nitrogens with zero attached hydrogens (tertiary/aromatic N) is 8. The van der Waals surface area contributed by atoms with Crippen LogP contribution in [0.4, 0.5) is 0 Å². The molecule has 36 heavy (non-hydrogen) atoms. The summed E-state index contributed by atoms with van der Waals surface area (Å²) in [5.41, 5.74) is 3.70. The normalized spacial score (nSPS) is 13.1. The zero-order chi connectivity index (χ0) is 25.2. The van der Waals surface area contributed by atoms with E-state index in [1.807, 2.05) is 34.3 Å². The van der Waals surface area contributed by atoms with E-state index in [9.17, 15) is 4.79 Å². The van der Waals surface area contributed by atoms with Crippen molar-refractivity contribution in [3.63, 3.8) is 0 Å². The Balaban J connectivity index is 1.20. The second kappa shape index (κ2) is 9.80. The van der Waals surface area contributed by atoms with Gasteiger partial charge in [-0.15, -0.1) is 10.2 Å². The van der Waals surface area contributed by atoms with Crippen LogP contribution in [0.3, 0.4) is 0 Å². The van der Waals surface area contributed by atoms with E-state index in [1.54, 1.807) is 32.7 Å². The van der Waals surface area contributed by atoms with E-state index in [-0.39, 0.29) is 5.91 Å². The van der Waals surface area contributed by atoms with Crippen LogP contribution in [-0.4, -0.2) is 66.3 Å². The number of aromatic nitrogens is 7. The standard InChI is InChI=1S/C24H28N8O4/c1-30-14-25-27-24(30)22-16-13-32(11-10-17(16)31(2)28-22)21(33)7-5-6-20-26-23(29-36-20)15-8-9-18(34-3)19(12-15)35-4/h8-9,12,14H,5-7,10-11,13H2,1-4H3. The SMILES string of the molecule is COc1ccc(-c2noc(CCCC(=O)N3CCc4c(c(-c5nncn5C)nn4C)C3)n2)cc1OC. The first-order valence-electron chi connectivity index (χ1n) is 11.7. The summed E-state index contributed by atoms with van der Waals surface area (Å²) in [4.78, 5) is 19.4. The van der Waals surface area contributed by atoms with E-state index >= 15 is 0 Å². The number of benzene rings is 1. The molecule has 0 unspecified atom stereocenters. The van der Waals surface area contributed by atoms with Gasteiger partial charge in [0.2, 0.25) is 17.6 Å². The van der Waals surface area contributed by atoms with Crippen LogP contribution in [0.25, 0.3) is 22.9 Å². The highest BCUT2D eigenvalue weighted by Crippen LogP contribution is 2.31. The van der Waals surface area contributed by atoms with Gasteiger partial charge in [0.05, 0.1) is 14.2 Å². The lowest BCUT2D eigenvalue weighted by Gasteiger charge is -2.27. The summed E-state index contributed by atoms with van der Waals surface area (Å²) in [6, 6.07) is 5.44. The summed E-state index contributed by atoms with van der Waals surface area (Å²) < 4.78 is 19.7. The quantitative estimate of drug-likeness (QED) is 0.364. The molecule has 4 heterocycles. The molecule has 5 rings (SSSR count). The van der Waals surface area contributed by atoms with Crippen molar-refractivity contribution in [2.24, 2.45) is 14.1 Å². The van der Waals surface area contributed by atoms with Crippen molar-refractivity contribution >= 4 is 5.91 Å². The van der Waals surface area contributed by atoms with Gasteiger partial charge in [-0.05, 0) is 24.6 Å². The molecule has 0 N–H and O–H groups in total. The second-order valence-corrected chi connectivity index (χ2v) is 8.66. The fourth-order valence-corrected chi connectivity index (χ4v) is 4.48. The first kappa shape index (κ1) is 23.5. The minimum atomic E-state index is 0.0908. The molecule has 0 aliphatic carbocycles. The molecule has 12 heteroatoms. The minimum Gasteiger partial charge on any atom is -0.493 e. The average Bonchev–Trinajstić information content (AvgIpc) is 3.62. The lowest BCUT2D eigenvalue weighted by atomic mass is 10.0. The van der Waals surface area contributed by atoms with Gasteiger partial charge in [0.25, 0.3) is 0 Å². The fraction of sp³-hybridized carbons (Fsp3) is 0.417. The zero-order valence-corrected chi connectivity index (χ0v) is 20.8. The number of ether oxygens (including phenoxy) is 2. The molecule has 188 valence electrons. The first-order chi connectivity index (χ1) is 17.5. The Labute approximate surface area is 207 Å². The van der Waals surface area contributed by atoms with E-state index in [0.717, 1.165) is 28.9 Å². The van der Waals surface area contributed by atoms with E-state index < -0.39 is 0 Å². The van der Waals surface area contributed by atoms with Crippen molar-refractivity contribution in [3.05, 3.63) is 41.7 Å². The third kappa shape index (κ3) is 4.41. The van der Waals surface area contributed by atoms with E-state index in [2.05, 4.69) is 25.4 Å². The molecular formula is C24H28N8O4. The maximum atomic E-state index is 13.0. The Bertz CT molecular complexity index is 1390. The lowest BCUT2D eigenvalue weighted by molar-refractivity contribution is -0.132. The number of amides is 1. The molecule has 1 aromatic carbocycles. The number of aryl methyl sites for hydroxylation is 3. The summed E-state index contributed by atoms with van der Waals surface area (Å²) in [7, 11) is 6.98. The Morgan fingerprint density at radius 3 is 2.75 bits per heavy atom. The molecule has 3 aromatic heterocycles. The van der Waals surface area contributed by atoms with Crippen LogP contribution in [0, 0.1) is 0 Å². The Kier molecular flexibility index (Phi) is 6.40. The predicted octanol–water partition coefficient (Wildman–Crippen LogP) is 2.19. The van der Waals surface area contributed by atoms with E-state index in [4.69, 9.17) is 14.0 Å². The second-order valence-electron chi connectivity index (χ2n) is 8.66. The van der Waals surface area contributed by atoms with Crippen LogP contribution >= 0.6 is 0 Å². The van der Waals surface area contributed by atoms with Crippen LogP contribution in [0.1, 0.15) is 30.0 Å². The molecule has 4 aromatic rings. The molecule has 12 nitrogen and oxygen atoms in total. The Morgan fingerprint density at radius 2 is 2.00 bits per heavy atom. The van der Waals surface area contributed by atoms with E-state index in [1.165, 1.54) is 0 Å². The van der Waals surface area contributed by atoms with Crippen molar-refractivity contribution < 1.29 is 18.8 Å². The topological polar surface area (TPSA) is 126 Å². The number of hydrogen-bond donors (Lipinski definition) is 0. The van der Waals surface area contributed by atoms with Gasteiger partial charge < -0.3 is 23.5 Å². The first-order valence-corrected chi connectivity index (χ1v) is 11.7. The van der Waals surface area contributed by atoms with Crippen LogP contribution < -0.4 is 9.47 Å². The van der Waals surface area contributed by atoms with Gasteiger partial charge in [-0.1, -0.05) is 5.16 Å². The summed E-state index contributed by atoms with van der Waals surface area (Å²) in [6.45, 7) is 1.17. The summed E-state index contributed by atoms with van der Waals surface area (Å²) in [5.74, 6) is 2.96. The van der Waals surface area contributed by atoms with Crippen LogP contribution in [-0.2, 0) is 38.3 Å². The molecule has 0 fully saturated rings. The predicted molar refractivity (Wildman–Crippen MR) is 128 cm³/mol. The van der Waals surface area contributed by atoms with Crippen molar-refractivity contribution in [2.45, 2.75) is 32.2 Å². The number of rotatable bonds is 8. The van der Waals surface area contributed by atoms with Gasteiger partial charge in [0.1, 0.15) is 12.0 Å². The highest BCUT2D eigenvalue weighted by atomic mass is 16.5. The molecule has 0 spiro atoms. The number of carbonyl (C=O) groups is 1. The van der Waals surface area contributed by atoms with Crippen molar-refractivity contribution in [1.29, 1.82) is 0 Å². The highest BCUT2D eigenvalue weighted by molar-refractivity contribution is 5.77. The largest absolute Gasteiger partial charge is 0.493 e. The van der Waals surface area contributed by atoms with Gasteiger partial charge in [-0.2, -0.15) is 10.1 Å². The molecule has 0 bridgehead atoms. The molecule has 1 amide bonds. The molecule has 0 saturated carbocycles. The number of fused-ring (bicyclic) bond motifs is 1. The van der Waals surface area contributed by atoms with Gasteiger partial charge >= 0.3 is 0 Å². The third-order valence-electron chi connectivity index (χ3n) is 6.41. The highest BCUT2D eigenvalue weighted by Gasteiger charge is 2.28. The maximum Gasteiger partial charge on any atom is 0.226 e. The summed E-state index contributed by atoms with van der Waals surface area (Å²) in [5, 5.41) is 16.9. The van der Waals surface area contributed by atoms with E-state index in [0.29, 0.717) is 61.4 Å². The van der Waals surface area contributed by atoms with Crippen molar-refractivity contribution in [2.75, 3.05) is 20.8 Å². The van der Waals surface area contributed by atoms with Gasteiger partial charge in [0.15, 0.2) is 17.3 Å². The number of methoxy groups -OCH3 is 2. The summed E-state index contributed by atoms with van der Waals surface area (Å²) in [6.07, 6.45) is 3.92. The van der Waals surface area contributed by atoms with Gasteiger partial charge in [0, 0.05) is 63.3 Å². The molecule has 1 aliphatic rings. The molecule has 0 radical (unpaired) electrons. The Hall–Kier alpha value is -4.22. The molecule has 0 saturated heterocycles. The van der Waals surface area contributed by atoms with Crippen LogP contribution in [0.2, 0.25) is 0 Å². The third-order valence-corrected chi connectivity index (χ3v) is 6.41. The van der Waals surface area contributed by atoms with Crippen LogP contribution in [0.15, 0.2) is 29.0 Å². The van der Waals surface area contributed by atoms with Crippen LogP contribution in [0.5, 0.6) is 11.5 Å².